The standard InChI is InChI=1S/C21H21N5O3/c27-21(18-14-28-16-5-1-2-6-17(16)29-18)26-11-9-25(10-12-26)20-13-19(22-15-23-20)24-7-3-4-8-24/h1-8,13,15,18H,9-12,14H2. The number of anilines is 1. The number of nitrogens with zero attached hydrogens (tertiary/aromatic N) is 5. The lowest BCUT2D eigenvalue weighted by Crippen LogP contribution is -2.54. The molecular formula is C21H21N5O3. The van der Waals surface area contributed by atoms with Crippen molar-refractivity contribution in [3.8, 4) is 17.3 Å². The van der Waals surface area contributed by atoms with Crippen molar-refractivity contribution in [2.45, 2.75) is 6.10 Å². The SMILES string of the molecule is O=C(C1COc2ccccc2O1)N1CCN(c2cc(-n3cccc3)ncn2)CC1. The molecule has 0 bridgehead atoms. The highest BCUT2D eigenvalue weighted by atomic mass is 16.6. The summed E-state index contributed by atoms with van der Waals surface area (Å²) in [5.74, 6) is 2.96. The van der Waals surface area contributed by atoms with Gasteiger partial charge in [-0.05, 0) is 24.3 Å². The third-order valence-electron chi connectivity index (χ3n) is 5.21. The van der Waals surface area contributed by atoms with Crippen molar-refractivity contribution in [2.75, 3.05) is 37.7 Å². The number of fused-ring (bicyclic) bond motifs is 1. The van der Waals surface area contributed by atoms with E-state index in [1.54, 1.807) is 6.33 Å². The third-order valence-corrected chi connectivity index (χ3v) is 5.21. The van der Waals surface area contributed by atoms with Gasteiger partial charge in [0.1, 0.15) is 24.6 Å². The first-order valence-corrected chi connectivity index (χ1v) is 9.65. The molecule has 1 aromatic carbocycles. The van der Waals surface area contributed by atoms with Gasteiger partial charge in [-0.25, -0.2) is 9.97 Å². The summed E-state index contributed by atoms with van der Waals surface area (Å²) in [5, 5.41) is 0. The average molecular weight is 391 g/mol. The summed E-state index contributed by atoms with van der Waals surface area (Å²) in [4.78, 5) is 25.6. The monoisotopic (exact) mass is 391 g/mol. The van der Waals surface area contributed by atoms with Gasteiger partial charge in [0.2, 0.25) is 6.10 Å². The molecule has 2 aliphatic heterocycles. The van der Waals surface area contributed by atoms with Crippen molar-refractivity contribution < 1.29 is 14.3 Å². The Labute approximate surface area is 168 Å². The van der Waals surface area contributed by atoms with Crippen molar-refractivity contribution in [1.82, 2.24) is 19.4 Å². The number of para-hydroxylation sites is 2. The zero-order chi connectivity index (χ0) is 19.6. The molecule has 5 rings (SSSR count). The quantitative estimate of drug-likeness (QED) is 0.677. The van der Waals surface area contributed by atoms with Crippen LogP contribution in [0.3, 0.4) is 0 Å². The van der Waals surface area contributed by atoms with Crippen molar-refractivity contribution in [2.24, 2.45) is 0 Å². The molecule has 0 N–H and O–H groups in total. The number of hydrogen-bond acceptors (Lipinski definition) is 6. The molecule has 1 saturated heterocycles. The summed E-state index contributed by atoms with van der Waals surface area (Å²) in [6.45, 7) is 2.88. The normalized spacial score (nSPS) is 18.6. The fraction of sp³-hybridized carbons (Fsp3) is 0.286. The maximum atomic E-state index is 12.9. The second-order valence-corrected chi connectivity index (χ2v) is 7.00. The van der Waals surface area contributed by atoms with Gasteiger partial charge < -0.3 is 23.8 Å². The molecule has 2 aromatic heterocycles. The van der Waals surface area contributed by atoms with Gasteiger partial charge in [-0.1, -0.05) is 12.1 Å². The smallest absolute Gasteiger partial charge is 0.267 e. The number of piperazine rings is 1. The van der Waals surface area contributed by atoms with E-state index in [-0.39, 0.29) is 12.5 Å². The average Bonchev–Trinajstić information content (AvgIpc) is 3.34. The molecule has 0 saturated carbocycles. The Morgan fingerprint density at radius 3 is 2.45 bits per heavy atom. The van der Waals surface area contributed by atoms with Gasteiger partial charge in [0.25, 0.3) is 5.91 Å². The Bertz CT molecular complexity index is 999. The number of ether oxygens (including phenoxy) is 2. The lowest BCUT2D eigenvalue weighted by atomic mass is 10.2. The molecule has 0 radical (unpaired) electrons. The molecule has 1 amide bonds. The van der Waals surface area contributed by atoms with Gasteiger partial charge in [0.05, 0.1) is 0 Å². The van der Waals surface area contributed by atoms with Gasteiger partial charge in [-0.2, -0.15) is 0 Å². The molecule has 8 nitrogen and oxygen atoms in total. The first-order chi connectivity index (χ1) is 14.3. The Kier molecular flexibility index (Phi) is 4.51. The lowest BCUT2D eigenvalue weighted by Gasteiger charge is -2.37. The van der Waals surface area contributed by atoms with Crippen molar-refractivity contribution in [1.29, 1.82) is 0 Å². The summed E-state index contributed by atoms with van der Waals surface area (Å²) >= 11 is 0. The molecule has 1 unspecified atom stereocenters. The lowest BCUT2D eigenvalue weighted by molar-refractivity contribution is -0.141. The van der Waals surface area contributed by atoms with E-state index in [1.165, 1.54) is 0 Å². The van der Waals surface area contributed by atoms with Crippen LogP contribution in [-0.4, -0.2) is 64.2 Å². The Morgan fingerprint density at radius 1 is 0.931 bits per heavy atom. The third kappa shape index (κ3) is 3.49. The fourth-order valence-corrected chi connectivity index (χ4v) is 3.64. The van der Waals surface area contributed by atoms with Crippen LogP contribution in [0.5, 0.6) is 11.5 Å². The van der Waals surface area contributed by atoms with E-state index in [1.807, 2.05) is 64.3 Å². The zero-order valence-corrected chi connectivity index (χ0v) is 15.8. The molecule has 0 aliphatic carbocycles. The summed E-state index contributed by atoms with van der Waals surface area (Å²) < 4.78 is 13.5. The van der Waals surface area contributed by atoms with E-state index in [4.69, 9.17) is 9.47 Å². The molecule has 2 aliphatic rings. The predicted molar refractivity (Wildman–Crippen MR) is 107 cm³/mol. The zero-order valence-electron chi connectivity index (χ0n) is 15.8. The van der Waals surface area contributed by atoms with E-state index in [9.17, 15) is 4.79 Å². The second-order valence-electron chi connectivity index (χ2n) is 7.00. The molecule has 29 heavy (non-hydrogen) atoms. The molecule has 3 aromatic rings. The highest BCUT2D eigenvalue weighted by Gasteiger charge is 2.32. The minimum atomic E-state index is -0.601. The van der Waals surface area contributed by atoms with Gasteiger partial charge >= 0.3 is 0 Å². The van der Waals surface area contributed by atoms with Gasteiger partial charge in [0.15, 0.2) is 11.5 Å². The molecule has 0 spiro atoms. The number of benzene rings is 1. The van der Waals surface area contributed by atoms with Crippen LogP contribution >= 0.6 is 0 Å². The number of hydrogen-bond donors (Lipinski definition) is 0. The molecule has 4 heterocycles. The maximum Gasteiger partial charge on any atom is 0.267 e. The van der Waals surface area contributed by atoms with Gasteiger partial charge in [-0.3, -0.25) is 4.79 Å². The van der Waals surface area contributed by atoms with Crippen LogP contribution in [0.15, 0.2) is 61.2 Å². The summed E-state index contributed by atoms with van der Waals surface area (Å²) in [6.07, 6.45) is 4.88. The van der Waals surface area contributed by atoms with Crippen LogP contribution in [0.25, 0.3) is 5.82 Å². The van der Waals surface area contributed by atoms with E-state index in [2.05, 4.69) is 14.9 Å². The molecule has 1 atom stereocenters. The number of carbonyl (C=O) groups excluding carboxylic acids is 1. The second kappa shape index (κ2) is 7.46. The molecular weight excluding hydrogens is 370 g/mol. The van der Waals surface area contributed by atoms with Crippen molar-refractivity contribution in [3.05, 3.63) is 61.2 Å². The molecule has 8 heteroatoms. The summed E-state index contributed by atoms with van der Waals surface area (Å²) in [7, 11) is 0. The number of amides is 1. The van der Waals surface area contributed by atoms with E-state index in [0.29, 0.717) is 37.7 Å². The van der Waals surface area contributed by atoms with Gasteiger partial charge in [-0.15, -0.1) is 0 Å². The van der Waals surface area contributed by atoms with Gasteiger partial charge in [0, 0.05) is 44.6 Å². The van der Waals surface area contributed by atoms with Crippen LogP contribution < -0.4 is 14.4 Å². The summed E-state index contributed by atoms with van der Waals surface area (Å²) in [6, 6.07) is 13.3. The van der Waals surface area contributed by atoms with Crippen LogP contribution in [-0.2, 0) is 4.79 Å². The van der Waals surface area contributed by atoms with E-state index in [0.717, 1.165) is 11.6 Å². The minimum absolute atomic E-state index is 0.0325. The fourth-order valence-electron chi connectivity index (χ4n) is 3.64. The van der Waals surface area contributed by atoms with Crippen LogP contribution in [0, 0.1) is 0 Å². The number of aromatic nitrogens is 3. The number of rotatable bonds is 3. The van der Waals surface area contributed by atoms with Crippen LogP contribution in [0.4, 0.5) is 5.82 Å². The molecule has 1 fully saturated rings. The minimum Gasteiger partial charge on any atom is -0.485 e. The topological polar surface area (TPSA) is 72.7 Å². The Morgan fingerprint density at radius 2 is 1.66 bits per heavy atom. The largest absolute Gasteiger partial charge is 0.485 e. The molecule has 148 valence electrons. The first-order valence-electron chi connectivity index (χ1n) is 9.65. The summed E-state index contributed by atoms with van der Waals surface area (Å²) in [5.41, 5.74) is 0. The van der Waals surface area contributed by atoms with E-state index >= 15 is 0 Å². The predicted octanol–water partition coefficient (Wildman–Crippen LogP) is 1.76. The Balaban J connectivity index is 1.22. The van der Waals surface area contributed by atoms with Crippen LogP contribution in [0.2, 0.25) is 0 Å². The number of carbonyl (C=O) groups is 1. The van der Waals surface area contributed by atoms with E-state index < -0.39 is 6.10 Å². The highest BCUT2D eigenvalue weighted by molar-refractivity contribution is 5.82. The maximum absolute atomic E-state index is 12.9. The Hall–Kier alpha value is -3.55. The first kappa shape index (κ1) is 17.5. The van der Waals surface area contributed by atoms with Crippen molar-refractivity contribution >= 4 is 11.7 Å². The van der Waals surface area contributed by atoms with Crippen LogP contribution in [0.1, 0.15) is 0 Å². The van der Waals surface area contributed by atoms with Crippen molar-refractivity contribution in [3.63, 3.8) is 0 Å². The highest BCUT2D eigenvalue weighted by Crippen LogP contribution is 2.31.